The number of hydrogen-bond acceptors (Lipinski definition) is 6. The average Bonchev–Trinajstić information content (AvgIpc) is 3.03. The molecule has 0 fully saturated rings. The molecule has 0 aliphatic heterocycles. The highest BCUT2D eigenvalue weighted by atomic mass is 16.5. The Kier molecular flexibility index (Phi) is 6.56. The summed E-state index contributed by atoms with van der Waals surface area (Å²) >= 11 is 0. The highest BCUT2D eigenvalue weighted by molar-refractivity contribution is 5.76. The van der Waals surface area contributed by atoms with Gasteiger partial charge in [-0.3, -0.25) is 4.79 Å². The van der Waals surface area contributed by atoms with Crippen molar-refractivity contribution in [3.05, 3.63) is 30.2 Å². The molecule has 0 radical (unpaired) electrons. The number of aryl methyl sites for hydroxylation is 1. The van der Waals surface area contributed by atoms with E-state index in [-0.39, 0.29) is 5.91 Å². The Morgan fingerprint density at radius 3 is 2.74 bits per heavy atom. The Labute approximate surface area is 135 Å². The van der Waals surface area contributed by atoms with E-state index in [2.05, 4.69) is 20.8 Å². The van der Waals surface area contributed by atoms with Crippen LogP contribution in [-0.2, 0) is 11.2 Å². The van der Waals surface area contributed by atoms with Gasteiger partial charge in [-0.1, -0.05) is 5.16 Å². The van der Waals surface area contributed by atoms with Crippen LogP contribution in [0.3, 0.4) is 0 Å². The lowest BCUT2D eigenvalue weighted by atomic mass is 10.2. The molecule has 7 nitrogen and oxygen atoms in total. The first-order chi connectivity index (χ1) is 11.2. The van der Waals surface area contributed by atoms with Gasteiger partial charge in [0.1, 0.15) is 5.75 Å². The van der Waals surface area contributed by atoms with Crippen molar-refractivity contribution in [2.24, 2.45) is 0 Å². The highest BCUT2D eigenvalue weighted by Gasteiger charge is 2.10. The van der Waals surface area contributed by atoms with Gasteiger partial charge in [0.25, 0.3) is 0 Å². The van der Waals surface area contributed by atoms with Crippen molar-refractivity contribution in [3.8, 4) is 17.1 Å². The third-order valence-corrected chi connectivity index (χ3v) is 3.15. The van der Waals surface area contributed by atoms with E-state index in [4.69, 9.17) is 9.26 Å². The zero-order valence-corrected chi connectivity index (χ0v) is 13.5. The van der Waals surface area contributed by atoms with Gasteiger partial charge in [0.05, 0.1) is 6.61 Å². The maximum Gasteiger partial charge on any atom is 0.227 e. The topological polar surface area (TPSA) is 89.3 Å². The molecule has 0 atom stereocenters. The van der Waals surface area contributed by atoms with E-state index in [9.17, 15) is 4.79 Å². The molecule has 0 aliphatic carbocycles. The number of aromatic nitrogens is 2. The van der Waals surface area contributed by atoms with Gasteiger partial charge < -0.3 is 19.9 Å². The van der Waals surface area contributed by atoms with Crippen molar-refractivity contribution in [3.63, 3.8) is 0 Å². The monoisotopic (exact) mass is 318 g/mol. The summed E-state index contributed by atoms with van der Waals surface area (Å²) in [5, 5.41) is 9.72. The van der Waals surface area contributed by atoms with E-state index in [1.54, 1.807) is 0 Å². The number of carbonyl (C=O) groups excluding carboxylic acids is 1. The van der Waals surface area contributed by atoms with Crippen molar-refractivity contribution in [1.82, 2.24) is 20.8 Å². The number of hydrogen-bond donors (Lipinski definition) is 2. The fourth-order valence-corrected chi connectivity index (χ4v) is 1.98. The summed E-state index contributed by atoms with van der Waals surface area (Å²) in [5.74, 6) is 1.75. The molecule has 2 aromatic rings. The van der Waals surface area contributed by atoms with Crippen molar-refractivity contribution >= 4 is 5.91 Å². The second-order valence-electron chi connectivity index (χ2n) is 4.92. The number of benzene rings is 1. The summed E-state index contributed by atoms with van der Waals surface area (Å²) < 4.78 is 10.6. The first-order valence-corrected chi connectivity index (χ1v) is 7.70. The van der Waals surface area contributed by atoms with Crippen LogP contribution in [0.25, 0.3) is 11.4 Å². The summed E-state index contributed by atoms with van der Waals surface area (Å²) in [6, 6.07) is 7.49. The van der Waals surface area contributed by atoms with Gasteiger partial charge in [-0.15, -0.1) is 0 Å². The van der Waals surface area contributed by atoms with Crippen molar-refractivity contribution in [2.75, 3.05) is 26.7 Å². The lowest BCUT2D eigenvalue weighted by Crippen LogP contribution is -2.30. The lowest BCUT2D eigenvalue weighted by Gasteiger charge is -2.02. The Morgan fingerprint density at radius 1 is 1.26 bits per heavy atom. The number of amides is 1. The van der Waals surface area contributed by atoms with Crippen LogP contribution in [0.2, 0.25) is 0 Å². The SMILES string of the molecule is CCOc1ccc(-c2noc(CCC(=O)NCCNC)n2)cc1. The number of nitrogens with one attached hydrogen (secondary N) is 2. The number of carbonyl (C=O) groups is 1. The number of nitrogens with zero attached hydrogens (tertiary/aromatic N) is 2. The van der Waals surface area contributed by atoms with Crippen LogP contribution < -0.4 is 15.4 Å². The van der Waals surface area contributed by atoms with Gasteiger partial charge in [0.2, 0.25) is 17.6 Å². The first-order valence-electron chi connectivity index (χ1n) is 7.70. The number of rotatable bonds is 9. The maximum absolute atomic E-state index is 11.6. The van der Waals surface area contributed by atoms with E-state index in [1.165, 1.54) is 0 Å². The number of likely N-dealkylation sites (N-methyl/N-ethyl adjacent to an activating group) is 1. The summed E-state index contributed by atoms with van der Waals surface area (Å²) in [6.45, 7) is 3.92. The molecule has 1 amide bonds. The lowest BCUT2D eigenvalue weighted by molar-refractivity contribution is -0.121. The molecule has 0 aliphatic rings. The fourth-order valence-electron chi connectivity index (χ4n) is 1.98. The molecule has 0 saturated heterocycles. The highest BCUT2D eigenvalue weighted by Crippen LogP contribution is 2.20. The largest absolute Gasteiger partial charge is 0.494 e. The molecule has 0 unspecified atom stereocenters. The Balaban J connectivity index is 1.86. The predicted octanol–water partition coefficient (Wildman–Crippen LogP) is 1.40. The third kappa shape index (κ3) is 5.37. The third-order valence-electron chi connectivity index (χ3n) is 3.15. The van der Waals surface area contributed by atoms with E-state index < -0.39 is 0 Å². The normalized spacial score (nSPS) is 10.5. The fraction of sp³-hybridized carbons (Fsp3) is 0.438. The predicted molar refractivity (Wildman–Crippen MR) is 86.2 cm³/mol. The summed E-state index contributed by atoms with van der Waals surface area (Å²) in [5.41, 5.74) is 0.849. The van der Waals surface area contributed by atoms with E-state index in [0.29, 0.717) is 37.7 Å². The summed E-state index contributed by atoms with van der Waals surface area (Å²) in [4.78, 5) is 15.9. The molecule has 1 aromatic carbocycles. The second-order valence-corrected chi connectivity index (χ2v) is 4.92. The smallest absolute Gasteiger partial charge is 0.227 e. The molecule has 1 heterocycles. The van der Waals surface area contributed by atoms with E-state index in [0.717, 1.165) is 17.9 Å². The molecule has 2 N–H and O–H groups in total. The van der Waals surface area contributed by atoms with Crippen LogP contribution in [0.1, 0.15) is 19.2 Å². The van der Waals surface area contributed by atoms with Gasteiger partial charge >= 0.3 is 0 Å². The van der Waals surface area contributed by atoms with Crippen LogP contribution >= 0.6 is 0 Å². The molecule has 0 bridgehead atoms. The van der Waals surface area contributed by atoms with Gasteiger partial charge in [0, 0.05) is 31.5 Å². The second kappa shape index (κ2) is 8.89. The summed E-state index contributed by atoms with van der Waals surface area (Å²) in [7, 11) is 1.84. The van der Waals surface area contributed by atoms with Crippen LogP contribution in [0, 0.1) is 0 Å². The van der Waals surface area contributed by atoms with Crippen molar-refractivity contribution in [1.29, 1.82) is 0 Å². The van der Waals surface area contributed by atoms with Crippen LogP contribution in [-0.4, -0.2) is 42.8 Å². The Morgan fingerprint density at radius 2 is 2.04 bits per heavy atom. The minimum atomic E-state index is -0.0268. The quantitative estimate of drug-likeness (QED) is 0.679. The minimum Gasteiger partial charge on any atom is -0.494 e. The van der Waals surface area contributed by atoms with Gasteiger partial charge in [0.15, 0.2) is 0 Å². The van der Waals surface area contributed by atoms with E-state index in [1.807, 2.05) is 38.2 Å². The molecule has 2 rings (SSSR count). The Hall–Kier alpha value is -2.41. The molecule has 1 aromatic heterocycles. The van der Waals surface area contributed by atoms with Gasteiger partial charge in [-0.25, -0.2) is 0 Å². The molecule has 0 spiro atoms. The maximum atomic E-state index is 11.6. The van der Waals surface area contributed by atoms with Crippen molar-refractivity contribution < 1.29 is 14.1 Å². The minimum absolute atomic E-state index is 0.0268. The molecule has 124 valence electrons. The van der Waals surface area contributed by atoms with Gasteiger partial charge in [-0.05, 0) is 38.2 Å². The molecule has 23 heavy (non-hydrogen) atoms. The molecule has 7 heteroatoms. The molecular weight excluding hydrogens is 296 g/mol. The van der Waals surface area contributed by atoms with Crippen LogP contribution in [0.4, 0.5) is 0 Å². The first kappa shape index (κ1) is 17.0. The number of ether oxygens (including phenoxy) is 1. The Bertz CT molecular complexity index is 610. The van der Waals surface area contributed by atoms with Crippen LogP contribution in [0.5, 0.6) is 5.75 Å². The summed E-state index contributed by atoms with van der Waals surface area (Å²) in [6.07, 6.45) is 0.754. The molecular formula is C16H22N4O3. The van der Waals surface area contributed by atoms with Gasteiger partial charge in [-0.2, -0.15) is 4.98 Å². The zero-order chi connectivity index (χ0) is 16.5. The van der Waals surface area contributed by atoms with E-state index >= 15 is 0 Å². The molecule has 0 saturated carbocycles. The standard InChI is InChI=1S/C16H22N4O3/c1-3-22-13-6-4-12(5-7-13)16-19-15(23-20-16)9-8-14(21)18-11-10-17-2/h4-7,17H,3,8-11H2,1-2H3,(H,18,21). The average molecular weight is 318 g/mol. The zero-order valence-electron chi connectivity index (χ0n) is 13.5. The van der Waals surface area contributed by atoms with Crippen LogP contribution in [0.15, 0.2) is 28.8 Å². The van der Waals surface area contributed by atoms with Crippen molar-refractivity contribution in [2.45, 2.75) is 19.8 Å².